The highest BCUT2D eigenvalue weighted by molar-refractivity contribution is 5.68. The number of carboxylic acids is 1. The molecule has 1 aliphatic rings. The molecule has 6 nitrogen and oxygen atoms in total. The second kappa shape index (κ2) is 5.74. The van der Waals surface area contributed by atoms with Crippen LogP contribution in [-0.2, 0) is 4.79 Å². The van der Waals surface area contributed by atoms with E-state index in [0.717, 1.165) is 5.56 Å². The van der Waals surface area contributed by atoms with Gasteiger partial charge in [0.25, 0.3) is 0 Å². The summed E-state index contributed by atoms with van der Waals surface area (Å²) in [5.41, 5.74) is 10.2. The summed E-state index contributed by atoms with van der Waals surface area (Å²) in [5.74, 6) is -0.847. The lowest BCUT2D eigenvalue weighted by molar-refractivity contribution is -0.135. The molecule has 0 radical (unpaired) electrons. The van der Waals surface area contributed by atoms with E-state index in [0.29, 0.717) is 6.54 Å². The Morgan fingerprint density at radius 2 is 2.06 bits per heavy atom. The normalized spacial score (nSPS) is 23.8. The fourth-order valence-electron chi connectivity index (χ4n) is 1.88. The molecule has 2 rings (SSSR count). The van der Waals surface area contributed by atoms with E-state index in [-0.39, 0.29) is 18.6 Å². The van der Waals surface area contributed by atoms with Crippen LogP contribution in [0.2, 0.25) is 0 Å². The van der Waals surface area contributed by atoms with Gasteiger partial charge in [-0.25, -0.2) is 10.9 Å². The molecule has 1 saturated heterocycles. The molecular weight excluding hydrogens is 220 g/mol. The third-order valence-electron chi connectivity index (χ3n) is 2.69. The summed E-state index contributed by atoms with van der Waals surface area (Å²) in [6.45, 7) is 0.547. The Morgan fingerprint density at radius 3 is 2.76 bits per heavy atom. The fourth-order valence-corrected chi connectivity index (χ4v) is 1.88. The minimum atomic E-state index is -0.847. The zero-order chi connectivity index (χ0) is 12.1. The molecular formula is C11H16N4O2. The van der Waals surface area contributed by atoms with E-state index < -0.39 is 5.97 Å². The third-order valence-corrected chi connectivity index (χ3v) is 2.69. The molecule has 0 aliphatic carbocycles. The van der Waals surface area contributed by atoms with Gasteiger partial charge in [0.2, 0.25) is 0 Å². The van der Waals surface area contributed by atoms with Crippen molar-refractivity contribution in [2.24, 2.45) is 0 Å². The number of carboxylic acid groups (broad SMARTS) is 1. The molecule has 92 valence electrons. The quantitative estimate of drug-likeness (QED) is 0.469. The maximum atomic E-state index is 10.4. The molecule has 1 heterocycles. The van der Waals surface area contributed by atoms with Crippen molar-refractivity contribution >= 4 is 5.97 Å². The molecule has 2 atom stereocenters. The van der Waals surface area contributed by atoms with Gasteiger partial charge in [-0.15, -0.1) is 0 Å². The number of nitrogens with one attached hydrogen (secondary N) is 4. The van der Waals surface area contributed by atoms with Crippen molar-refractivity contribution in [1.29, 1.82) is 0 Å². The summed E-state index contributed by atoms with van der Waals surface area (Å²) in [6.07, 6.45) is 0. The molecule has 1 fully saturated rings. The van der Waals surface area contributed by atoms with E-state index in [9.17, 15) is 4.79 Å². The molecule has 17 heavy (non-hydrogen) atoms. The smallest absolute Gasteiger partial charge is 0.317 e. The Hall–Kier alpha value is -1.47. The largest absolute Gasteiger partial charge is 0.480 e. The lowest BCUT2D eigenvalue weighted by Gasteiger charge is -2.18. The summed E-state index contributed by atoms with van der Waals surface area (Å²) in [6, 6.07) is 10.2. The first-order valence-electron chi connectivity index (χ1n) is 5.51. The average Bonchev–Trinajstić information content (AvgIpc) is 2.78. The second-order valence-corrected chi connectivity index (χ2v) is 3.93. The molecule has 0 amide bonds. The lowest BCUT2D eigenvalue weighted by Crippen LogP contribution is -2.41. The van der Waals surface area contributed by atoms with Crippen LogP contribution in [0.4, 0.5) is 0 Å². The highest BCUT2D eigenvalue weighted by atomic mass is 16.4. The number of aliphatic carboxylic acids is 1. The Balaban J connectivity index is 1.91. The number of benzene rings is 1. The van der Waals surface area contributed by atoms with Gasteiger partial charge in [0.1, 0.15) is 0 Å². The molecule has 2 unspecified atom stereocenters. The molecule has 6 heteroatoms. The van der Waals surface area contributed by atoms with Crippen LogP contribution in [0.1, 0.15) is 11.6 Å². The van der Waals surface area contributed by atoms with Crippen molar-refractivity contribution in [2.45, 2.75) is 12.1 Å². The highest BCUT2D eigenvalue weighted by Gasteiger charge is 2.27. The van der Waals surface area contributed by atoms with E-state index >= 15 is 0 Å². The molecule has 1 aromatic rings. The summed E-state index contributed by atoms with van der Waals surface area (Å²) in [4.78, 5) is 10.4. The minimum Gasteiger partial charge on any atom is -0.480 e. The first-order chi connectivity index (χ1) is 8.27. The molecule has 0 spiro atoms. The summed E-state index contributed by atoms with van der Waals surface area (Å²) < 4.78 is 0. The molecule has 0 saturated carbocycles. The minimum absolute atomic E-state index is 0.0281. The van der Waals surface area contributed by atoms with E-state index in [1.807, 2.05) is 30.3 Å². The number of carbonyl (C=O) groups is 1. The maximum absolute atomic E-state index is 10.4. The van der Waals surface area contributed by atoms with Crippen molar-refractivity contribution in [3.63, 3.8) is 0 Å². The summed E-state index contributed by atoms with van der Waals surface area (Å²) in [5, 5.41) is 11.4. The van der Waals surface area contributed by atoms with E-state index in [2.05, 4.69) is 21.7 Å². The first-order valence-corrected chi connectivity index (χ1v) is 5.51. The van der Waals surface area contributed by atoms with Gasteiger partial charge in [0, 0.05) is 6.54 Å². The van der Waals surface area contributed by atoms with Crippen LogP contribution in [0, 0.1) is 0 Å². The third kappa shape index (κ3) is 3.24. The zero-order valence-corrected chi connectivity index (χ0v) is 9.31. The molecule has 0 aromatic heterocycles. The van der Waals surface area contributed by atoms with Gasteiger partial charge in [0.15, 0.2) is 0 Å². The maximum Gasteiger partial charge on any atom is 0.317 e. The van der Waals surface area contributed by atoms with Crippen molar-refractivity contribution in [2.75, 3.05) is 13.1 Å². The highest BCUT2D eigenvalue weighted by Crippen LogP contribution is 2.17. The average molecular weight is 236 g/mol. The SMILES string of the molecule is O=C(O)CNCC1NNNC1c1ccccc1. The Morgan fingerprint density at radius 1 is 1.29 bits per heavy atom. The Labute approximate surface area is 99.3 Å². The van der Waals surface area contributed by atoms with Crippen LogP contribution in [0.25, 0.3) is 0 Å². The number of hydrogen-bond acceptors (Lipinski definition) is 5. The zero-order valence-electron chi connectivity index (χ0n) is 9.31. The van der Waals surface area contributed by atoms with Crippen molar-refractivity contribution in [3.8, 4) is 0 Å². The van der Waals surface area contributed by atoms with Crippen molar-refractivity contribution < 1.29 is 9.90 Å². The molecule has 1 aliphatic heterocycles. The summed E-state index contributed by atoms with van der Waals surface area (Å²) in [7, 11) is 0. The molecule has 0 bridgehead atoms. The first kappa shape index (κ1) is 12.0. The number of hydrogen-bond donors (Lipinski definition) is 5. The molecule has 5 N–H and O–H groups in total. The van der Waals surface area contributed by atoms with Gasteiger partial charge in [-0.05, 0) is 5.56 Å². The van der Waals surface area contributed by atoms with Crippen molar-refractivity contribution in [1.82, 2.24) is 21.7 Å². The number of rotatable bonds is 5. The van der Waals surface area contributed by atoms with Gasteiger partial charge < -0.3 is 10.4 Å². The van der Waals surface area contributed by atoms with Gasteiger partial charge in [0.05, 0.1) is 18.6 Å². The van der Waals surface area contributed by atoms with E-state index in [1.165, 1.54) is 0 Å². The number of hydrazine groups is 2. The van der Waals surface area contributed by atoms with Gasteiger partial charge in [-0.1, -0.05) is 30.3 Å². The fraction of sp³-hybridized carbons (Fsp3) is 0.364. The lowest BCUT2D eigenvalue weighted by atomic mass is 10.0. The molecule has 1 aromatic carbocycles. The van der Waals surface area contributed by atoms with Crippen LogP contribution >= 0.6 is 0 Å². The predicted octanol–water partition coefficient (Wildman–Crippen LogP) is -0.617. The predicted molar refractivity (Wildman–Crippen MR) is 62.9 cm³/mol. The van der Waals surface area contributed by atoms with Gasteiger partial charge >= 0.3 is 5.97 Å². The topological polar surface area (TPSA) is 85.4 Å². The van der Waals surface area contributed by atoms with Crippen LogP contribution in [0.3, 0.4) is 0 Å². The second-order valence-electron chi connectivity index (χ2n) is 3.93. The Bertz CT molecular complexity index is 371. The van der Waals surface area contributed by atoms with Crippen molar-refractivity contribution in [3.05, 3.63) is 35.9 Å². The van der Waals surface area contributed by atoms with Gasteiger partial charge in [-0.2, -0.15) is 5.53 Å². The van der Waals surface area contributed by atoms with Crippen LogP contribution < -0.4 is 21.7 Å². The monoisotopic (exact) mass is 236 g/mol. The van der Waals surface area contributed by atoms with E-state index in [4.69, 9.17) is 5.11 Å². The van der Waals surface area contributed by atoms with Crippen LogP contribution in [-0.4, -0.2) is 30.2 Å². The standard InChI is InChI=1S/C11H16N4O2/c16-10(17)7-12-6-9-11(14-15-13-9)8-4-2-1-3-5-8/h1-5,9,11-15H,6-7H2,(H,16,17). The van der Waals surface area contributed by atoms with E-state index in [1.54, 1.807) is 0 Å². The summed E-state index contributed by atoms with van der Waals surface area (Å²) >= 11 is 0. The van der Waals surface area contributed by atoms with Crippen LogP contribution in [0.5, 0.6) is 0 Å². The Kier molecular flexibility index (Phi) is 4.05. The van der Waals surface area contributed by atoms with Crippen LogP contribution in [0.15, 0.2) is 30.3 Å². The van der Waals surface area contributed by atoms with Gasteiger partial charge in [-0.3, -0.25) is 4.79 Å².